The number of methoxy groups -OCH3 is 1. The second-order valence-electron chi connectivity index (χ2n) is 10.8. The van der Waals surface area contributed by atoms with E-state index in [1.807, 2.05) is 38.1 Å². The van der Waals surface area contributed by atoms with Gasteiger partial charge in [0.25, 0.3) is 11.8 Å². The molecule has 0 saturated carbocycles. The maximum atomic E-state index is 12.8. The molecule has 1 aliphatic rings. The predicted molar refractivity (Wildman–Crippen MR) is 169 cm³/mol. The molecule has 44 heavy (non-hydrogen) atoms. The molecule has 0 radical (unpaired) electrons. The van der Waals surface area contributed by atoms with Crippen molar-refractivity contribution in [2.75, 3.05) is 65.2 Å². The highest BCUT2D eigenvalue weighted by Crippen LogP contribution is 2.27. The maximum Gasteiger partial charge on any atom is 0.298 e. The van der Waals surface area contributed by atoms with Gasteiger partial charge >= 0.3 is 0 Å². The number of nitrogens with two attached hydrogens (primary N) is 1. The lowest BCUT2D eigenvalue weighted by Crippen LogP contribution is -2.46. The fraction of sp³-hybridized carbons (Fsp3) is 0.516. The first-order valence-electron chi connectivity index (χ1n) is 14.7. The summed E-state index contributed by atoms with van der Waals surface area (Å²) in [5, 5.41) is 9.54. The molecular weight excluding hydrogens is 564 g/mol. The van der Waals surface area contributed by atoms with Crippen LogP contribution >= 0.6 is 0 Å². The molecule has 0 spiro atoms. The fourth-order valence-corrected chi connectivity index (χ4v) is 4.45. The van der Waals surface area contributed by atoms with Crippen LogP contribution in [0.4, 0.5) is 17.3 Å². The first-order valence-corrected chi connectivity index (χ1v) is 14.7. The van der Waals surface area contributed by atoms with E-state index >= 15 is 0 Å². The van der Waals surface area contributed by atoms with Crippen molar-refractivity contribution in [2.24, 2.45) is 5.73 Å². The lowest BCUT2D eigenvalue weighted by molar-refractivity contribution is -0.134. The molecule has 3 amide bonds. The SMILES string of the molecule is CCc1nc(C(N)=O)c(Nc2cc(CCNC(=O)[C@H](C)N(C)C(=O)C#CCN(C)C)cc(OC)c2)nc1NC1CCOCC1. The largest absolute Gasteiger partial charge is 0.497 e. The van der Waals surface area contributed by atoms with E-state index < -0.39 is 17.9 Å². The smallest absolute Gasteiger partial charge is 0.298 e. The van der Waals surface area contributed by atoms with Crippen molar-refractivity contribution in [3.05, 3.63) is 35.2 Å². The first kappa shape index (κ1) is 34.1. The quantitative estimate of drug-likeness (QED) is 0.245. The number of likely N-dealkylation sites (N-methyl/N-ethyl adjacent to an activating group) is 1. The minimum absolute atomic E-state index is 0.0371. The van der Waals surface area contributed by atoms with Gasteiger partial charge in [-0.3, -0.25) is 19.3 Å². The number of primary amides is 1. The van der Waals surface area contributed by atoms with Gasteiger partial charge in [0, 0.05) is 44.6 Å². The minimum Gasteiger partial charge on any atom is -0.497 e. The molecule has 13 heteroatoms. The van der Waals surface area contributed by atoms with E-state index in [9.17, 15) is 14.4 Å². The van der Waals surface area contributed by atoms with Crippen LogP contribution in [0.2, 0.25) is 0 Å². The third-order valence-corrected chi connectivity index (χ3v) is 7.15. The lowest BCUT2D eigenvalue weighted by Gasteiger charge is -2.25. The number of carbonyl (C=O) groups is 3. The van der Waals surface area contributed by atoms with E-state index in [0.717, 1.165) is 18.4 Å². The molecule has 1 fully saturated rings. The normalized spacial score (nSPS) is 13.8. The first-order chi connectivity index (χ1) is 21.0. The number of amides is 3. The van der Waals surface area contributed by atoms with Crippen molar-refractivity contribution in [3.8, 4) is 17.6 Å². The highest BCUT2D eigenvalue weighted by molar-refractivity contribution is 5.97. The zero-order valence-corrected chi connectivity index (χ0v) is 26.5. The molecule has 1 aromatic heterocycles. The molecule has 13 nitrogen and oxygen atoms in total. The second-order valence-corrected chi connectivity index (χ2v) is 10.8. The van der Waals surface area contributed by atoms with Gasteiger partial charge in [0.1, 0.15) is 11.8 Å². The van der Waals surface area contributed by atoms with Gasteiger partial charge in [-0.1, -0.05) is 12.8 Å². The van der Waals surface area contributed by atoms with Gasteiger partial charge in [-0.2, -0.15) is 0 Å². The number of aromatic nitrogens is 2. The van der Waals surface area contributed by atoms with Gasteiger partial charge in [0.15, 0.2) is 17.3 Å². The van der Waals surface area contributed by atoms with Crippen molar-refractivity contribution in [3.63, 3.8) is 0 Å². The summed E-state index contributed by atoms with van der Waals surface area (Å²) in [7, 11) is 6.83. The molecular formula is C31H44N8O5. The third kappa shape index (κ3) is 9.82. The van der Waals surface area contributed by atoms with Crippen LogP contribution in [-0.4, -0.2) is 104 Å². The number of nitrogens with zero attached hydrogens (tertiary/aromatic N) is 4. The third-order valence-electron chi connectivity index (χ3n) is 7.15. The van der Waals surface area contributed by atoms with Crippen molar-refractivity contribution in [1.29, 1.82) is 0 Å². The summed E-state index contributed by atoms with van der Waals surface area (Å²) in [6.07, 6.45) is 2.74. The number of ether oxygens (including phenoxy) is 2. The fourth-order valence-electron chi connectivity index (χ4n) is 4.45. The molecule has 2 heterocycles. The maximum absolute atomic E-state index is 12.8. The van der Waals surface area contributed by atoms with Gasteiger partial charge in [-0.05, 0) is 70.3 Å². The molecule has 1 aromatic carbocycles. The Labute approximate surface area is 259 Å². The Balaban J connectivity index is 1.72. The summed E-state index contributed by atoms with van der Waals surface area (Å²) in [6.45, 7) is 5.71. The summed E-state index contributed by atoms with van der Waals surface area (Å²) in [6, 6.07) is 4.99. The van der Waals surface area contributed by atoms with E-state index in [-0.39, 0.29) is 23.5 Å². The number of hydrogen-bond donors (Lipinski definition) is 4. The summed E-state index contributed by atoms with van der Waals surface area (Å²) in [4.78, 5) is 49.9. The van der Waals surface area contributed by atoms with Crippen LogP contribution in [0.5, 0.6) is 5.75 Å². The molecule has 0 aliphatic carbocycles. The minimum atomic E-state index is -0.695. The average Bonchev–Trinajstić information content (AvgIpc) is 3.00. The Morgan fingerprint density at radius 1 is 1.14 bits per heavy atom. The van der Waals surface area contributed by atoms with E-state index in [0.29, 0.717) is 62.1 Å². The number of carbonyl (C=O) groups excluding carboxylic acids is 3. The Kier molecular flexibility index (Phi) is 12.7. The molecule has 5 N–H and O–H groups in total. The summed E-state index contributed by atoms with van der Waals surface area (Å²) in [5.41, 5.74) is 7.85. The molecule has 2 aromatic rings. The zero-order valence-electron chi connectivity index (χ0n) is 26.5. The monoisotopic (exact) mass is 608 g/mol. The Morgan fingerprint density at radius 3 is 2.50 bits per heavy atom. The lowest BCUT2D eigenvalue weighted by atomic mass is 10.1. The Hall–Kier alpha value is -4.41. The average molecular weight is 609 g/mol. The van der Waals surface area contributed by atoms with Crippen LogP contribution in [-0.2, 0) is 27.2 Å². The van der Waals surface area contributed by atoms with Crippen molar-refractivity contribution in [2.45, 2.75) is 51.6 Å². The Bertz CT molecular complexity index is 1380. The van der Waals surface area contributed by atoms with Crippen LogP contribution in [0.15, 0.2) is 18.2 Å². The number of nitrogens with one attached hydrogen (secondary N) is 3. The summed E-state index contributed by atoms with van der Waals surface area (Å²) in [5.74, 6) is 5.34. The number of hydrogen-bond acceptors (Lipinski definition) is 10. The van der Waals surface area contributed by atoms with Crippen molar-refractivity contribution < 1.29 is 23.9 Å². The van der Waals surface area contributed by atoms with Crippen LogP contribution in [0.1, 0.15) is 48.4 Å². The second kappa shape index (κ2) is 16.4. The van der Waals surface area contributed by atoms with Crippen molar-refractivity contribution >= 4 is 35.0 Å². The van der Waals surface area contributed by atoms with E-state index in [1.54, 1.807) is 27.1 Å². The molecule has 0 unspecified atom stereocenters. The highest BCUT2D eigenvalue weighted by atomic mass is 16.5. The van der Waals surface area contributed by atoms with Crippen molar-refractivity contribution in [1.82, 2.24) is 25.1 Å². The molecule has 1 atom stereocenters. The van der Waals surface area contributed by atoms with E-state index in [4.69, 9.17) is 20.2 Å². The highest BCUT2D eigenvalue weighted by Gasteiger charge is 2.22. The number of benzene rings is 1. The number of aryl methyl sites for hydroxylation is 1. The summed E-state index contributed by atoms with van der Waals surface area (Å²) < 4.78 is 11.0. The van der Waals surface area contributed by atoms with Gasteiger partial charge in [0.2, 0.25) is 5.91 Å². The van der Waals surface area contributed by atoms with Gasteiger partial charge in [0.05, 0.1) is 19.3 Å². The van der Waals surface area contributed by atoms with E-state index in [1.165, 1.54) is 4.90 Å². The molecule has 0 bridgehead atoms. The number of rotatable bonds is 13. The van der Waals surface area contributed by atoms with Gasteiger partial charge in [-0.25, -0.2) is 9.97 Å². The van der Waals surface area contributed by atoms with Gasteiger partial charge < -0.3 is 36.1 Å². The summed E-state index contributed by atoms with van der Waals surface area (Å²) >= 11 is 0. The molecule has 1 saturated heterocycles. The zero-order chi connectivity index (χ0) is 32.2. The molecule has 1 aliphatic heterocycles. The molecule has 3 rings (SSSR count). The predicted octanol–water partition coefficient (Wildman–Crippen LogP) is 1.55. The van der Waals surface area contributed by atoms with Crippen LogP contribution in [0.25, 0.3) is 0 Å². The van der Waals surface area contributed by atoms with Crippen LogP contribution in [0, 0.1) is 11.8 Å². The molecule has 238 valence electrons. The Morgan fingerprint density at radius 2 is 1.86 bits per heavy atom. The number of anilines is 3. The van der Waals surface area contributed by atoms with E-state index in [2.05, 4.69) is 32.8 Å². The van der Waals surface area contributed by atoms with Crippen LogP contribution < -0.4 is 26.4 Å². The topological polar surface area (TPSA) is 164 Å². The van der Waals surface area contributed by atoms with Gasteiger partial charge in [-0.15, -0.1) is 0 Å². The standard InChI is InChI=1S/C31H44N8O5/c1-7-25-29(34-22-11-15-44-16-12-22)37-30(27(36-25)28(32)41)35-23-17-21(18-24(19-23)43-6)10-13-33-31(42)20(2)39(5)26(40)9-8-14-38(3)4/h17-20,22H,7,10-16H2,1-6H3,(H2,32,41)(H,33,42)(H2,34,35,37)/t20-/m0/s1. The van der Waals surface area contributed by atoms with Crippen LogP contribution in [0.3, 0.4) is 0 Å².